The second-order valence-corrected chi connectivity index (χ2v) is 7.75. The molecule has 1 fully saturated rings. The zero-order valence-corrected chi connectivity index (χ0v) is 16.4. The van der Waals surface area contributed by atoms with Gasteiger partial charge in [0.15, 0.2) is 0 Å². The molecule has 0 spiro atoms. The summed E-state index contributed by atoms with van der Waals surface area (Å²) in [7, 11) is 0. The lowest BCUT2D eigenvalue weighted by molar-refractivity contribution is -0.118. The third kappa shape index (κ3) is 6.21. The van der Waals surface area contributed by atoms with Crippen molar-refractivity contribution in [1.82, 2.24) is 10.2 Å². The van der Waals surface area contributed by atoms with Crippen LogP contribution in [0.5, 0.6) is 0 Å². The first-order valence-corrected chi connectivity index (χ1v) is 10.2. The molecule has 1 aliphatic heterocycles. The van der Waals surface area contributed by atoms with Gasteiger partial charge in [-0.05, 0) is 42.0 Å². The molecule has 1 N–H and O–H groups in total. The second-order valence-electron chi connectivity index (χ2n) is 6.27. The number of morpholine rings is 1. The van der Waals surface area contributed by atoms with Crippen LogP contribution >= 0.6 is 23.4 Å². The van der Waals surface area contributed by atoms with Gasteiger partial charge in [-0.2, -0.15) is 0 Å². The summed E-state index contributed by atoms with van der Waals surface area (Å²) in [6, 6.07) is 13.9. The van der Waals surface area contributed by atoms with E-state index in [2.05, 4.69) is 10.2 Å². The van der Waals surface area contributed by atoms with Crippen LogP contribution in [0.4, 0.5) is 4.39 Å². The minimum atomic E-state index is -0.268. The van der Waals surface area contributed by atoms with Crippen molar-refractivity contribution in [3.63, 3.8) is 0 Å². The van der Waals surface area contributed by atoms with Crippen LogP contribution in [0.2, 0.25) is 5.02 Å². The molecule has 1 amide bonds. The maximum Gasteiger partial charge on any atom is 0.230 e. The molecule has 4 nitrogen and oxygen atoms in total. The van der Waals surface area contributed by atoms with Gasteiger partial charge in [0.1, 0.15) is 5.82 Å². The van der Waals surface area contributed by atoms with Crippen LogP contribution in [-0.4, -0.2) is 49.4 Å². The molecule has 1 heterocycles. The highest BCUT2D eigenvalue weighted by molar-refractivity contribution is 8.00. The fourth-order valence-electron chi connectivity index (χ4n) is 3.00. The average Bonchev–Trinajstić information content (AvgIpc) is 2.69. The Bertz CT molecular complexity index is 754. The smallest absolute Gasteiger partial charge is 0.230 e. The molecule has 1 unspecified atom stereocenters. The fourth-order valence-corrected chi connectivity index (χ4v) is 3.86. The number of rotatable bonds is 7. The van der Waals surface area contributed by atoms with Crippen LogP contribution < -0.4 is 5.32 Å². The molecular weight excluding hydrogens is 387 g/mol. The van der Waals surface area contributed by atoms with Gasteiger partial charge >= 0.3 is 0 Å². The second kappa shape index (κ2) is 10.1. The molecule has 0 bridgehead atoms. The SMILES string of the molecule is O=C(CSc1ccc(Cl)cc1)NCC(c1cccc(F)c1)N1CCOCC1. The first kappa shape index (κ1) is 20.1. The Labute approximate surface area is 168 Å². The number of ether oxygens (including phenoxy) is 1. The van der Waals surface area contributed by atoms with Gasteiger partial charge in [0.05, 0.1) is 25.0 Å². The van der Waals surface area contributed by atoms with Crippen LogP contribution in [0.15, 0.2) is 53.4 Å². The summed E-state index contributed by atoms with van der Waals surface area (Å²) in [6.07, 6.45) is 0. The fraction of sp³-hybridized carbons (Fsp3) is 0.350. The van der Waals surface area contributed by atoms with Crippen molar-refractivity contribution in [2.75, 3.05) is 38.6 Å². The normalized spacial score (nSPS) is 16.1. The Morgan fingerprint density at radius 1 is 1.22 bits per heavy atom. The maximum absolute atomic E-state index is 13.7. The molecule has 1 aliphatic rings. The van der Waals surface area contributed by atoms with Crippen LogP contribution in [0.3, 0.4) is 0 Å². The van der Waals surface area contributed by atoms with Crippen molar-refractivity contribution in [3.05, 3.63) is 64.9 Å². The monoisotopic (exact) mass is 408 g/mol. The van der Waals surface area contributed by atoms with Gasteiger partial charge in [-0.25, -0.2) is 4.39 Å². The van der Waals surface area contributed by atoms with E-state index in [9.17, 15) is 9.18 Å². The molecular formula is C20H22ClFN2O2S. The highest BCUT2D eigenvalue weighted by Crippen LogP contribution is 2.23. The number of nitrogens with zero attached hydrogens (tertiary/aromatic N) is 1. The molecule has 0 saturated carbocycles. The lowest BCUT2D eigenvalue weighted by Crippen LogP contribution is -2.44. The predicted octanol–water partition coefficient (Wildman–Crippen LogP) is 3.76. The summed E-state index contributed by atoms with van der Waals surface area (Å²) in [5.41, 5.74) is 0.863. The lowest BCUT2D eigenvalue weighted by Gasteiger charge is -2.35. The quantitative estimate of drug-likeness (QED) is 0.708. The Morgan fingerprint density at radius 3 is 2.67 bits per heavy atom. The molecule has 0 radical (unpaired) electrons. The van der Waals surface area contributed by atoms with E-state index in [4.69, 9.17) is 16.3 Å². The number of thioether (sulfide) groups is 1. The van der Waals surface area contributed by atoms with Crippen LogP contribution in [0.25, 0.3) is 0 Å². The van der Waals surface area contributed by atoms with Gasteiger partial charge in [0.2, 0.25) is 5.91 Å². The molecule has 0 aromatic heterocycles. The third-order valence-electron chi connectivity index (χ3n) is 4.40. The molecule has 2 aromatic rings. The number of benzene rings is 2. The Kier molecular flexibility index (Phi) is 7.52. The van der Waals surface area contributed by atoms with Crippen molar-refractivity contribution in [1.29, 1.82) is 0 Å². The molecule has 7 heteroatoms. The summed E-state index contributed by atoms with van der Waals surface area (Å²) in [4.78, 5) is 15.5. The van der Waals surface area contributed by atoms with Crippen molar-refractivity contribution in [2.24, 2.45) is 0 Å². The minimum Gasteiger partial charge on any atom is -0.379 e. The molecule has 1 saturated heterocycles. The van der Waals surface area contributed by atoms with Crippen LogP contribution in [-0.2, 0) is 9.53 Å². The largest absolute Gasteiger partial charge is 0.379 e. The summed E-state index contributed by atoms with van der Waals surface area (Å²) in [5, 5.41) is 3.66. The van der Waals surface area contributed by atoms with E-state index in [1.54, 1.807) is 18.2 Å². The zero-order chi connectivity index (χ0) is 19.1. The average molecular weight is 409 g/mol. The number of hydrogen-bond donors (Lipinski definition) is 1. The van der Waals surface area contributed by atoms with Gasteiger partial charge < -0.3 is 10.1 Å². The zero-order valence-electron chi connectivity index (χ0n) is 14.9. The Morgan fingerprint density at radius 2 is 1.96 bits per heavy atom. The van der Waals surface area contributed by atoms with Crippen LogP contribution in [0.1, 0.15) is 11.6 Å². The highest BCUT2D eigenvalue weighted by atomic mass is 35.5. The summed E-state index contributed by atoms with van der Waals surface area (Å²) in [6.45, 7) is 3.25. The number of nitrogens with one attached hydrogen (secondary N) is 1. The number of carbonyl (C=O) groups excluding carboxylic acids is 1. The van der Waals surface area contributed by atoms with E-state index in [1.165, 1.54) is 23.9 Å². The van der Waals surface area contributed by atoms with Crippen molar-refractivity contribution in [2.45, 2.75) is 10.9 Å². The van der Waals surface area contributed by atoms with Gasteiger partial charge in [0.25, 0.3) is 0 Å². The molecule has 1 atom stereocenters. The van der Waals surface area contributed by atoms with Gasteiger partial charge in [-0.15, -0.1) is 11.8 Å². The number of carbonyl (C=O) groups is 1. The lowest BCUT2D eigenvalue weighted by atomic mass is 10.0. The summed E-state index contributed by atoms with van der Waals surface area (Å²) in [5.74, 6) is 0.000602. The molecule has 27 heavy (non-hydrogen) atoms. The number of hydrogen-bond acceptors (Lipinski definition) is 4. The summed E-state index contributed by atoms with van der Waals surface area (Å²) >= 11 is 7.33. The van der Waals surface area contributed by atoms with E-state index in [0.717, 1.165) is 23.5 Å². The van der Waals surface area contributed by atoms with Gasteiger partial charge in [0, 0.05) is 29.6 Å². The highest BCUT2D eigenvalue weighted by Gasteiger charge is 2.23. The minimum absolute atomic E-state index is 0.0513. The maximum atomic E-state index is 13.7. The Balaban J connectivity index is 1.58. The molecule has 144 valence electrons. The molecule has 3 rings (SSSR count). The first-order valence-electron chi connectivity index (χ1n) is 8.84. The predicted molar refractivity (Wildman–Crippen MR) is 107 cm³/mol. The molecule has 2 aromatic carbocycles. The van der Waals surface area contributed by atoms with Crippen molar-refractivity contribution >= 4 is 29.3 Å². The van der Waals surface area contributed by atoms with Gasteiger partial charge in [-0.1, -0.05) is 23.7 Å². The topological polar surface area (TPSA) is 41.6 Å². The summed E-state index contributed by atoms with van der Waals surface area (Å²) < 4.78 is 19.1. The number of amides is 1. The standard InChI is InChI=1S/C20H22ClFN2O2S/c21-16-4-6-18(7-5-16)27-14-20(25)23-13-19(24-8-10-26-11-9-24)15-2-1-3-17(22)12-15/h1-7,12,19H,8-11,13-14H2,(H,23,25). The molecule has 0 aliphatic carbocycles. The Hall–Kier alpha value is -1.60. The van der Waals surface area contributed by atoms with Crippen molar-refractivity contribution in [3.8, 4) is 0 Å². The van der Waals surface area contributed by atoms with E-state index in [-0.39, 0.29) is 17.8 Å². The van der Waals surface area contributed by atoms with E-state index >= 15 is 0 Å². The van der Waals surface area contributed by atoms with Crippen LogP contribution in [0, 0.1) is 5.82 Å². The number of halogens is 2. The third-order valence-corrected chi connectivity index (χ3v) is 5.66. The van der Waals surface area contributed by atoms with Crippen molar-refractivity contribution < 1.29 is 13.9 Å². The van der Waals surface area contributed by atoms with E-state index in [0.29, 0.717) is 30.5 Å². The van der Waals surface area contributed by atoms with E-state index in [1.807, 2.05) is 18.2 Å². The van der Waals surface area contributed by atoms with Gasteiger partial charge in [-0.3, -0.25) is 9.69 Å². The first-order chi connectivity index (χ1) is 13.1. The van der Waals surface area contributed by atoms with E-state index < -0.39 is 0 Å².